The normalized spacial score (nSPS) is 12.6. The highest BCUT2D eigenvalue weighted by Gasteiger charge is 2.18. The summed E-state index contributed by atoms with van der Waals surface area (Å²) in [5, 5.41) is 9.86. The smallest absolute Gasteiger partial charge is 0.306 e. The number of fused-ring (bicyclic) bond motifs is 1. The minimum atomic E-state index is -0.812. The number of halogens is 1. The number of aliphatic carboxylic acids is 1. The highest BCUT2D eigenvalue weighted by Crippen LogP contribution is 2.36. The van der Waals surface area contributed by atoms with Gasteiger partial charge in [-0.15, -0.1) is 0 Å². The number of carboxylic acid groups (broad SMARTS) is 1. The van der Waals surface area contributed by atoms with E-state index in [9.17, 15) is 4.79 Å². The molecule has 2 aromatic rings. The topological polar surface area (TPSA) is 59.7 Å². The lowest BCUT2D eigenvalue weighted by atomic mass is 10.00. The third kappa shape index (κ3) is 2.22. The minimum Gasteiger partial charge on any atom is -0.493 e. The Morgan fingerprint density at radius 1 is 1.61 bits per heavy atom. The second-order valence-electron chi connectivity index (χ2n) is 4.16. The summed E-state index contributed by atoms with van der Waals surface area (Å²) in [6, 6.07) is 3.65. The number of ether oxygens (including phenoxy) is 1. The number of furan rings is 1. The Morgan fingerprint density at radius 3 is 2.94 bits per heavy atom. The third-order valence-electron chi connectivity index (χ3n) is 2.88. The van der Waals surface area contributed by atoms with Crippen molar-refractivity contribution in [1.82, 2.24) is 0 Å². The summed E-state index contributed by atoms with van der Waals surface area (Å²) >= 11 is 3.49. The van der Waals surface area contributed by atoms with Crippen molar-refractivity contribution in [3.8, 4) is 5.75 Å². The zero-order chi connectivity index (χ0) is 13.3. The van der Waals surface area contributed by atoms with Crippen LogP contribution in [0.4, 0.5) is 0 Å². The maximum Gasteiger partial charge on any atom is 0.306 e. The molecule has 0 aliphatic heterocycles. The van der Waals surface area contributed by atoms with Gasteiger partial charge < -0.3 is 14.3 Å². The van der Waals surface area contributed by atoms with Gasteiger partial charge in [-0.05, 0) is 40.0 Å². The molecular formula is C13H13BrO4. The van der Waals surface area contributed by atoms with Gasteiger partial charge in [-0.1, -0.05) is 6.92 Å². The van der Waals surface area contributed by atoms with Crippen LogP contribution in [-0.4, -0.2) is 18.2 Å². The van der Waals surface area contributed by atoms with Crippen molar-refractivity contribution in [3.63, 3.8) is 0 Å². The summed E-state index contributed by atoms with van der Waals surface area (Å²) in [5.74, 6) is -0.644. The summed E-state index contributed by atoms with van der Waals surface area (Å²) in [4.78, 5) is 10.9. The fourth-order valence-corrected chi connectivity index (χ4v) is 2.44. The Labute approximate surface area is 113 Å². The highest BCUT2D eigenvalue weighted by atomic mass is 79.9. The Balaban J connectivity index is 2.50. The average Bonchev–Trinajstić information content (AvgIpc) is 2.82. The van der Waals surface area contributed by atoms with E-state index in [2.05, 4.69) is 15.9 Å². The van der Waals surface area contributed by atoms with Crippen LogP contribution in [0.5, 0.6) is 5.75 Å². The molecule has 1 aromatic heterocycles. The molecular weight excluding hydrogens is 300 g/mol. The molecule has 18 heavy (non-hydrogen) atoms. The molecule has 2 rings (SSSR count). The zero-order valence-corrected chi connectivity index (χ0v) is 11.7. The van der Waals surface area contributed by atoms with E-state index in [1.54, 1.807) is 20.3 Å². The first-order valence-electron chi connectivity index (χ1n) is 5.50. The van der Waals surface area contributed by atoms with Gasteiger partial charge in [0.15, 0.2) is 11.3 Å². The van der Waals surface area contributed by atoms with E-state index in [0.717, 1.165) is 15.4 Å². The minimum absolute atomic E-state index is 0.438. The van der Waals surface area contributed by atoms with Gasteiger partial charge in [0.2, 0.25) is 0 Å². The van der Waals surface area contributed by atoms with Crippen LogP contribution < -0.4 is 4.74 Å². The number of hydrogen-bond acceptors (Lipinski definition) is 3. The van der Waals surface area contributed by atoms with Crippen LogP contribution in [0.3, 0.4) is 0 Å². The maximum atomic E-state index is 10.9. The second-order valence-corrected chi connectivity index (χ2v) is 4.95. The van der Waals surface area contributed by atoms with Crippen LogP contribution in [0, 0.1) is 5.92 Å². The molecule has 1 atom stereocenters. The van der Waals surface area contributed by atoms with E-state index in [-0.39, 0.29) is 0 Å². The largest absolute Gasteiger partial charge is 0.493 e. The summed E-state index contributed by atoms with van der Waals surface area (Å²) in [6.07, 6.45) is 2.02. The molecule has 0 spiro atoms. The van der Waals surface area contributed by atoms with Crippen molar-refractivity contribution in [2.75, 3.05) is 7.11 Å². The Hall–Kier alpha value is -1.49. The molecule has 1 N–H and O–H groups in total. The van der Waals surface area contributed by atoms with E-state index in [0.29, 0.717) is 17.8 Å². The predicted octanol–water partition coefficient (Wildman–Crippen LogP) is 3.47. The molecule has 0 aliphatic carbocycles. The molecule has 0 amide bonds. The van der Waals surface area contributed by atoms with Crippen molar-refractivity contribution in [1.29, 1.82) is 0 Å². The first-order valence-corrected chi connectivity index (χ1v) is 6.29. The zero-order valence-electron chi connectivity index (χ0n) is 10.1. The van der Waals surface area contributed by atoms with Gasteiger partial charge >= 0.3 is 5.97 Å². The van der Waals surface area contributed by atoms with Crippen LogP contribution in [0.1, 0.15) is 12.5 Å². The second kappa shape index (κ2) is 5.02. The Kier molecular flexibility index (Phi) is 3.61. The van der Waals surface area contributed by atoms with Gasteiger partial charge in [-0.3, -0.25) is 4.79 Å². The number of rotatable bonds is 4. The summed E-state index contributed by atoms with van der Waals surface area (Å²) in [6.45, 7) is 1.68. The fourth-order valence-electron chi connectivity index (χ4n) is 1.85. The fraction of sp³-hybridized carbons (Fsp3) is 0.308. The molecule has 0 aliphatic rings. The number of benzene rings is 1. The first-order chi connectivity index (χ1) is 8.54. The van der Waals surface area contributed by atoms with Gasteiger partial charge in [-0.25, -0.2) is 0 Å². The molecule has 0 bridgehead atoms. The maximum absolute atomic E-state index is 10.9. The van der Waals surface area contributed by atoms with E-state index < -0.39 is 11.9 Å². The van der Waals surface area contributed by atoms with Gasteiger partial charge in [0.25, 0.3) is 0 Å². The molecule has 0 saturated carbocycles. The van der Waals surface area contributed by atoms with E-state index in [1.165, 1.54) is 0 Å². The number of carboxylic acids is 1. The van der Waals surface area contributed by atoms with Crippen molar-refractivity contribution >= 4 is 32.9 Å². The predicted molar refractivity (Wildman–Crippen MR) is 71.0 cm³/mol. The van der Waals surface area contributed by atoms with Crippen LogP contribution in [-0.2, 0) is 11.2 Å². The third-order valence-corrected chi connectivity index (χ3v) is 3.82. The molecule has 96 valence electrons. The van der Waals surface area contributed by atoms with E-state index >= 15 is 0 Å². The van der Waals surface area contributed by atoms with Gasteiger partial charge in [-0.2, -0.15) is 0 Å². The molecule has 1 aromatic carbocycles. The lowest BCUT2D eigenvalue weighted by Crippen LogP contribution is -2.12. The quantitative estimate of drug-likeness (QED) is 0.939. The van der Waals surface area contributed by atoms with Crippen molar-refractivity contribution in [3.05, 3.63) is 28.4 Å². The van der Waals surface area contributed by atoms with E-state index in [4.69, 9.17) is 14.3 Å². The molecule has 0 radical (unpaired) electrons. The van der Waals surface area contributed by atoms with Gasteiger partial charge in [0, 0.05) is 9.86 Å². The lowest BCUT2D eigenvalue weighted by Gasteiger charge is -2.11. The van der Waals surface area contributed by atoms with E-state index in [1.807, 2.05) is 12.1 Å². The SMILES string of the molecule is COc1cc(CC(C)C(=O)O)c(Br)c2ccoc12. The molecule has 1 heterocycles. The Morgan fingerprint density at radius 2 is 2.33 bits per heavy atom. The summed E-state index contributed by atoms with van der Waals surface area (Å²) in [5.41, 5.74) is 1.56. The van der Waals surface area contributed by atoms with Crippen molar-refractivity contribution in [2.24, 2.45) is 5.92 Å². The summed E-state index contributed by atoms with van der Waals surface area (Å²) < 4.78 is 11.5. The molecule has 4 nitrogen and oxygen atoms in total. The average molecular weight is 313 g/mol. The van der Waals surface area contributed by atoms with Crippen molar-refractivity contribution < 1.29 is 19.1 Å². The van der Waals surface area contributed by atoms with Crippen molar-refractivity contribution in [2.45, 2.75) is 13.3 Å². The van der Waals surface area contributed by atoms with Crippen LogP contribution >= 0.6 is 15.9 Å². The number of carbonyl (C=O) groups is 1. The molecule has 5 heteroatoms. The van der Waals surface area contributed by atoms with Crippen LogP contribution in [0.25, 0.3) is 11.0 Å². The van der Waals surface area contributed by atoms with Crippen LogP contribution in [0.2, 0.25) is 0 Å². The van der Waals surface area contributed by atoms with Crippen LogP contribution in [0.15, 0.2) is 27.3 Å². The summed E-state index contributed by atoms with van der Waals surface area (Å²) in [7, 11) is 1.57. The van der Waals surface area contributed by atoms with Gasteiger partial charge in [0.05, 0.1) is 19.3 Å². The number of hydrogen-bond donors (Lipinski definition) is 1. The van der Waals surface area contributed by atoms with Gasteiger partial charge in [0.1, 0.15) is 0 Å². The molecule has 1 unspecified atom stereocenters. The monoisotopic (exact) mass is 312 g/mol. The lowest BCUT2D eigenvalue weighted by molar-refractivity contribution is -0.141. The number of methoxy groups -OCH3 is 1. The highest BCUT2D eigenvalue weighted by molar-refractivity contribution is 9.10. The Bertz CT molecular complexity index is 588. The molecule has 0 fully saturated rings. The first kappa shape index (κ1) is 13.0. The molecule has 0 saturated heterocycles. The standard InChI is InChI=1S/C13H13BrO4/c1-7(13(15)16)5-8-6-10(17-2)12-9(11(8)14)3-4-18-12/h3-4,6-7H,5H2,1-2H3,(H,15,16).